The maximum Gasteiger partial charge on any atom is 0.411 e. The second-order valence-electron chi connectivity index (χ2n) is 6.72. The summed E-state index contributed by atoms with van der Waals surface area (Å²) in [6.07, 6.45) is 1.70. The van der Waals surface area contributed by atoms with Crippen LogP contribution in [-0.4, -0.2) is 27.5 Å². The Kier molecular flexibility index (Phi) is 6.49. The van der Waals surface area contributed by atoms with E-state index in [1.165, 1.54) is 11.0 Å². The lowest BCUT2D eigenvalue weighted by Crippen LogP contribution is -2.30. The summed E-state index contributed by atoms with van der Waals surface area (Å²) in [7, 11) is 0. The molecule has 0 bridgehead atoms. The minimum absolute atomic E-state index is 0.148. The summed E-state index contributed by atoms with van der Waals surface area (Å²) >= 11 is 3.45. The first-order chi connectivity index (χ1) is 13.9. The van der Waals surface area contributed by atoms with E-state index in [1.807, 2.05) is 50.2 Å². The van der Waals surface area contributed by atoms with Crippen molar-refractivity contribution in [2.45, 2.75) is 26.7 Å². The molecule has 0 aliphatic carbocycles. The number of carbonyl (C=O) groups is 1. The lowest BCUT2D eigenvalue weighted by molar-refractivity contribution is 0.201. The molecule has 0 aliphatic rings. The zero-order valence-corrected chi connectivity index (χ0v) is 17.9. The van der Waals surface area contributed by atoms with Crippen LogP contribution in [0.3, 0.4) is 0 Å². The van der Waals surface area contributed by atoms with Crippen LogP contribution in [-0.2, 0) is 6.42 Å². The number of carboxylic acid groups (broad SMARTS) is 1. The Morgan fingerprint density at radius 2 is 1.97 bits per heavy atom. The van der Waals surface area contributed by atoms with Crippen LogP contribution in [0.5, 0.6) is 0 Å². The molecular formula is C22H22BrN3O3. The van der Waals surface area contributed by atoms with Gasteiger partial charge in [0.15, 0.2) is 0 Å². The summed E-state index contributed by atoms with van der Waals surface area (Å²) < 4.78 is 2.59. The molecule has 1 heterocycles. The van der Waals surface area contributed by atoms with Crippen LogP contribution in [0.15, 0.2) is 64.0 Å². The van der Waals surface area contributed by atoms with Crippen molar-refractivity contribution in [2.24, 2.45) is 0 Å². The van der Waals surface area contributed by atoms with E-state index in [0.717, 1.165) is 21.3 Å². The predicted molar refractivity (Wildman–Crippen MR) is 117 cm³/mol. The second-order valence-corrected chi connectivity index (χ2v) is 7.64. The van der Waals surface area contributed by atoms with Gasteiger partial charge in [-0.25, -0.2) is 9.48 Å². The Bertz CT molecular complexity index is 1090. The molecule has 0 unspecified atom stereocenters. The largest absolute Gasteiger partial charge is 0.465 e. The van der Waals surface area contributed by atoms with Gasteiger partial charge < -0.3 is 5.11 Å². The van der Waals surface area contributed by atoms with E-state index in [9.17, 15) is 14.7 Å². The van der Waals surface area contributed by atoms with Crippen LogP contribution in [0.2, 0.25) is 0 Å². The van der Waals surface area contributed by atoms with E-state index in [1.54, 1.807) is 16.9 Å². The summed E-state index contributed by atoms with van der Waals surface area (Å²) in [6, 6.07) is 14.7. The highest BCUT2D eigenvalue weighted by Crippen LogP contribution is 2.25. The predicted octanol–water partition coefficient (Wildman–Crippen LogP) is 4.79. The van der Waals surface area contributed by atoms with Crippen molar-refractivity contribution >= 4 is 27.7 Å². The van der Waals surface area contributed by atoms with Crippen molar-refractivity contribution in [1.29, 1.82) is 0 Å². The smallest absolute Gasteiger partial charge is 0.411 e. The van der Waals surface area contributed by atoms with E-state index < -0.39 is 6.09 Å². The topological polar surface area (TPSA) is 75.4 Å². The van der Waals surface area contributed by atoms with Crippen LogP contribution >= 0.6 is 15.9 Å². The number of rotatable bonds is 6. The summed E-state index contributed by atoms with van der Waals surface area (Å²) in [5.74, 6) is 0. The summed E-state index contributed by atoms with van der Waals surface area (Å²) in [5.41, 5.74) is 3.45. The number of aromatic nitrogens is 2. The number of halogens is 1. The molecule has 0 saturated heterocycles. The van der Waals surface area contributed by atoms with Crippen molar-refractivity contribution < 1.29 is 9.90 Å². The fraction of sp³-hybridized carbons (Fsp3) is 0.227. The number of amides is 1. The molecule has 7 heteroatoms. The molecule has 3 rings (SSSR count). The molecular weight excluding hydrogens is 434 g/mol. The lowest BCUT2D eigenvalue weighted by atomic mass is 10.0. The Morgan fingerprint density at radius 1 is 1.21 bits per heavy atom. The summed E-state index contributed by atoms with van der Waals surface area (Å²) in [6.45, 7) is 4.23. The van der Waals surface area contributed by atoms with Crippen LogP contribution in [0.4, 0.5) is 10.5 Å². The quantitative estimate of drug-likeness (QED) is 0.579. The minimum Gasteiger partial charge on any atom is -0.465 e. The zero-order valence-electron chi connectivity index (χ0n) is 16.3. The molecule has 150 valence electrons. The molecule has 0 radical (unpaired) electrons. The van der Waals surface area contributed by atoms with Crippen LogP contribution in [0.1, 0.15) is 30.2 Å². The van der Waals surface area contributed by atoms with Gasteiger partial charge in [0.05, 0.1) is 11.4 Å². The average Bonchev–Trinajstić information content (AvgIpc) is 2.69. The van der Waals surface area contributed by atoms with Gasteiger partial charge in [-0.05, 0) is 48.7 Å². The molecule has 0 fully saturated rings. The van der Waals surface area contributed by atoms with E-state index in [-0.39, 0.29) is 5.43 Å². The molecule has 2 aromatic carbocycles. The third-order valence-electron chi connectivity index (χ3n) is 4.70. The first kappa shape index (κ1) is 20.8. The van der Waals surface area contributed by atoms with Gasteiger partial charge >= 0.3 is 6.09 Å². The Hall–Kier alpha value is -2.93. The normalized spacial score (nSPS) is 10.7. The highest BCUT2D eigenvalue weighted by atomic mass is 79.9. The molecule has 29 heavy (non-hydrogen) atoms. The van der Waals surface area contributed by atoms with Crippen LogP contribution < -0.4 is 10.3 Å². The first-order valence-electron chi connectivity index (χ1n) is 9.34. The third-order valence-corrected chi connectivity index (χ3v) is 5.19. The zero-order chi connectivity index (χ0) is 21.0. The van der Waals surface area contributed by atoms with Crippen LogP contribution in [0.25, 0.3) is 5.69 Å². The number of benzene rings is 2. The van der Waals surface area contributed by atoms with Gasteiger partial charge in [-0.1, -0.05) is 41.1 Å². The molecule has 0 spiro atoms. The molecule has 1 amide bonds. The highest BCUT2D eigenvalue weighted by Gasteiger charge is 2.17. The SMILES string of the molecule is CCCN(C(=O)O)c1cccc(Cc2nn(-c3cccc(Br)c3)ccc2=O)c1C. The Balaban J connectivity index is 1.98. The van der Waals surface area contributed by atoms with Crippen molar-refractivity contribution in [3.05, 3.63) is 86.2 Å². The molecule has 3 aromatic rings. The van der Waals surface area contributed by atoms with Gasteiger partial charge in [0.2, 0.25) is 5.43 Å². The summed E-state index contributed by atoms with van der Waals surface area (Å²) in [5, 5.41) is 14.1. The molecule has 0 atom stereocenters. The van der Waals surface area contributed by atoms with E-state index in [0.29, 0.717) is 30.8 Å². The third kappa shape index (κ3) is 4.74. The first-order valence-corrected chi connectivity index (χ1v) is 10.1. The van der Waals surface area contributed by atoms with Crippen LogP contribution in [0, 0.1) is 6.92 Å². The minimum atomic E-state index is -0.984. The maximum atomic E-state index is 12.4. The van der Waals surface area contributed by atoms with Crippen molar-refractivity contribution in [3.8, 4) is 5.69 Å². The van der Waals surface area contributed by atoms with Crippen molar-refractivity contribution in [2.75, 3.05) is 11.4 Å². The standard InChI is InChI=1S/C22H22BrN3O3/c1-3-11-25(22(28)29)20-9-4-6-16(15(20)2)13-19-21(27)10-12-26(24-19)18-8-5-7-17(23)14-18/h4-10,12,14H,3,11,13H2,1-2H3,(H,28,29). The van der Waals surface area contributed by atoms with Gasteiger partial charge in [0.25, 0.3) is 0 Å². The fourth-order valence-electron chi connectivity index (χ4n) is 3.21. The molecule has 6 nitrogen and oxygen atoms in total. The van der Waals surface area contributed by atoms with Gasteiger partial charge in [-0.2, -0.15) is 5.10 Å². The van der Waals surface area contributed by atoms with E-state index in [2.05, 4.69) is 21.0 Å². The van der Waals surface area contributed by atoms with Gasteiger partial charge in [-0.3, -0.25) is 9.69 Å². The molecule has 1 N–H and O–H groups in total. The van der Waals surface area contributed by atoms with E-state index in [4.69, 9.17) is 0 Å². The fourth-order valence-corrected chi connectivity index (χ4v) is 3.60. The Morgan fingerprint density at radius 3 is 2.66 bits per heavy atom. The monoisotopic (exact) mass is 455 g/mol. The number of hydrogen-bond acceptors (Lipinski definition) is 3. The maximum absolute atomic E-state index is 12.4. The van der Waals surface area contributed by atoms with Crippen molar-refractivity contribution in [1.82, 2.24) is 9.78 Å². The number of nitrogens with zero attached hydrogens (tertiary/aromatic N) is 3. The number of hydrogen-bond donors (Lipinski definition) is 1. The number of anilines is 1. The second kappa shape index (κ2) is 9.05. The van der Waals surface area contributed by atoms with Gasteiger partial charge in [-0.15, -0.1) is 0 Å². The molecule has 1 aromatic heterocycles. The van der Waals surface area contributed by atoms with Gasteiger partial charge in [0.1, 0.15) is 5.69 Å². The Labute approximate surface area is 177 Å². The lowest BCUT2D eigenvalue weighted by Gasteiger charge is -2.22. The van der Waals surface area contributed by atoms with E-state index >= 15 is 0 Å². The van der Waals surface area contributed by atoms with Gasteiger partial charge in [0, 0.05) is 29.7 Å². The highest BCUT2D eigenvalue weighted by molar-refractivity contribution is 9.10. The van der Waals surface area contributed by atoms with Crippen molar-refractivity contribution in [3.63, 3.8) is 0 Å². The molecule has 0 aliphatic heterocycles. The molecule has 0 saturated carbocycles. The average molecular weight is 456 g/mol. The summed E-state index contributed by atoms with van der Waals surface area (Å²) in [4.78, 5) is 25.4.